The van der Waals surface area contributed by atoms with E-state index in [4.69, 9.17) is 0 Å². The van der Waals surface area contributed by atoms with Gasteiger partial charge in [0.2, 0.25) is 17.4 Å². The molecule has 8 rings (SSSR count). The summed E-state index contributed by atoms with van der Waals surface area (Å²) < 4.78 is 0. The maximum absolute atomic E-state index is 13.1. The molecular formula is C39H45N7O6. The maximum Gasteiger partial charge on any atom is 0.262 e. The van der Waals surface area contributed by atoms with Gasteiger partial charge in [-0.1, -0.05) is 44.2 Å². The third kappa shape index (κ3) is 9.68. The zero-order valence-electron chi connectivity index (χ0n) is 29.3. The summed E-state index contributed by atoms with van der Waals surface area (Å²) in [6, 6.07) is 18.7. The van der Waals surface area contributed by atoms with E-state index in [0.29, 0.717) is 16.7 Å². The van der Waals surface area contributed by atoms with E-state index in [1.807, 2.05) is 43.4 Å². The molecule has 1 unspecified atom stereocenters. The van der Waals surface area contributed by atoms with Gasteiger partial charge < -0.3 is 15.2 Å². The average molecular weight is 708 g/mol. The molecule has 13 heteroatoms. The van der Waals surface area contributed by atoms with Crippen molar-refractivity contribution in [1.82, 2.24) is 25.4 Å². The molecule has 5 heterocycles. The number of pyridine rings is 1. The summed E-state index contributed by atoms with van der Waals surface area (Å²) in [5.74, 6) is -0.743. The second kappa shape index (κ2) is 18.4. The van der Waals surface area contributed by atoms with Crippen molar-refractivity contribution in [2.45, 2.75) is 69.7 Å². The fraction of sp³-hybridized carbons (Fsp3) is 0.359. The van der Waals surface area contributed by atoms with Gasteiger partial charge in [-0.25, -0.2) is 0 Å². The highest BCUT2D eigenvalue weighted by Gasteiger charge is 2.44. The number of nitrogens with one attached hydrogen (secondary N) is 4. The first-order valence-corrected chi connectivity index (χ1v) is 17.8. The third-order valence-electron chi connectivity index (χ3n) is 9.53. The highest BCUT2D eigenvalue weighted by atomic mass is 16.2. The Hall–Kier alpha value is -5.85. The smallest absolute Gasteiger partial charge is 0.262 e. The molecule has 4 aliphatic rings. The molecule has 4 N–H and O–H groups in total. The van der Waals surface area contributed by atoms with E-state index in [1.54, 1.807) is 36.7 Å². The van der Waals surface area contributed by atoms with Gasteiger partial charge in [-0.15, -0.1) is 0 Å². The van der Waals surface area contributed by atoms with Crippen LogP contribution in [0.2, 0.25) is 0 Å². The van der Waals surface area contributed by atoms with E-state index in [9.17, 15) is 28.8 Å². The Bertz CT molecular complexity index is 1850. The first kappa shape index (κ1) is 37.4. The molecule has 3 fully saturated rings. The van der Waals surface area contributed by atoms with Gasteiger partial charge in [0.15, 0.2) is 0 Å². The molecule has 0 spiro atoms. The lowest BCUT2D eigenvalue weighted by atomic mass is 9.87. The molecule has 2 aromatic heterocycles. The van der Waals surface area contributed by atoms with E-state index in [2.05, 4.69) is 30.7 Å². The summed E-state index contributed by atoms with van der Waals surface area (Å²) in [4.78, 5) is 76.4. The van der Waals surface area contributed by atoms with Crippen LogP contribution in [0.4, 0.5) is 11.5 Å². The van der Waals surface area contributed by atoms with Gasteiger partial charge in [0.05, 0.1) is 17.3 Å². The quantitative estimate of drug-likeness (QED) is 0.163. The fourth-order valence-corrected chi connectivity index (χ4v) is 6.63. The summed E-state index contributed by atoms with van der Waals surface area (Å²) >= 11 is 0. The standard InChI is InChI=1S/C25H23N3O5.C5H5NO.C5H10.C4H7N3/c29-14-15-1-4-18(5-2-15)27-11-9-16(10-12-27)17-3-6-19-20(13-17)25(33)28(24(19)32)21-7-8-22(30)26-23(21)31;7-5-3-1-2-4-6-5;1-2-4-5-3-1;1-5-4-2-3-6-7-4/h1-6,13-14,16,21H,7-12H2,(H,26,30,31);1-4H,(H,6,7);1-5H2;2-3H,1H3,(H2,5,6,7). The van der Waals surface area contributed by atoms with Crippen molar-refractivity contribution < 1.29 is 24.0 Å². The minimum absolute atomic E-state index is 0.0532. The van der Waals surface area contributed by atoms with Crippen LogP contribution in [0, 0.1) is 0 Å². The largest absolute Gasteiger partial charge is 0.374 e. The van der Waals surface area contributed by atoms with Crippen LogP contribution >= 0.6 is 0 Å². The van der Waals surface area contributed by atoms with E-state index in [1.165, 1.54) is 38.2 Å². The second-order valence-electron chi connectivity index (χ2n) is 12.9. The molecule has 4 amide bonds. The number of aromatic nitrogens is 3. The lowest BCUT2D eigenvalue weighted by Gasteiger charge is -2.34. The number of amides is 4. The number of imide groups is 2. The van der Waals surface area contributed by atoms with Crippen molar-refractivity contribution in [2.24, 2.45) is 0 Å². The predicted octanol–water partition coefficient (Wildman–Crippen LogP) is 5.06. The predicted molar refractivity (Wildman–Crippen MR) is 197 cm³/mol. The molecule has 272 valence electrons. The van der Waals surface area contributed by atoms with Crippen molar-refractivity contribution in [1.29, 1.82) is 0 Å². The SMILES string of the molecule is C1CCCC1.CNc1ccn[nH]1.O=Cc1ccc(N2CCC(c3ccc4c(c3)C(=O)N(C3CCC(=O)NC3=O)C4=O)CC2)cc1.O=c1cccc[nH]1. The molecule has 4 aromatic rings. The Morgan fingerprint density at radius 3 is 2.02 bits per heavy atom. The molecule has 3 aliphatic heterocycles. The highest BCUT2D eigenvalue weighted by molar-refractivity contribution is 6.23. The molecule has 0 bridgehead atoms. The summed E-state index contributed by atoms with van der Waals surface area (Å²) in [7, 11) is 1.84. The number of hydrogen-bond acceptors (Lipinski definition) is 9. The summed E-state index contributed by atoms with van der Waals surface area (Å²) in [6.07, 6.45) is 13.7. The highest BCUT2D eigenvalue weighted by Crippen LogP contribution is 2.34. The van der Waals surface area contributed by atoms with Crippen molar-refractivity contribution in [2.75, 3.05) is 30.4 Å². The Morgan fingerprint density at radius 1 is 0.808 bits per heavy atom. The van der Waals surface area contributed by atoms with Crippen molar-refractivity contribution in [3.8, 4) is 0 Å². The van der Waals surface area contributed by atoms with E-state index >= 15 is 0 Å². The first-order valence-electron chi connectivity index (χ1n) is 17.8. The van der Waals surface area contributed by atoms with Gasteiger partial charge in [0.1, 0.15) is 18.1 Å². The van der Waals surface area contributed by atoms with Crippen molar-refractivity contribution in [3.63, 3.8) is 0 Å². The van der Waals surface area contributed by atoms with Gasteiger partial charge >= 0.3 is 0 Å². The normalized spacial score (nSPS) is 18.1. The number of rotatable bonds is 5. The van der Waals surface area contributed by atoms with Crippen LogP contribution < -0.4 is 21.1 Å². The van der Waals surface area contributed by atoms with Crippen LogP contribution in [0.1, 0.15) is 100 Å². The average Bonchev–Trinajstić information content (AvgIpc) is 3.98. The van der Waals surface area contributed by atoms with Gasteiger partial charge in [0, 0.05) is 50.1 Å². The molecular weight excluding hydrogens is 662 g/mol. The minimum Gasteiger partial charge on any atom is -0.374 e. The van der Waals surface area contributed by atoms with E-state index in [0.717, 1.165) is 54.2 Å². The lowest BCUT2D eigenvalue weighted by molar-refractivity contribution is -0.136. The number of carbonyl (C=O) groups excluding carboxylic acids is 5. The van der Waals surface area contributed by atoms with Crippen molar-refractivity contribution in [3.05, 3.63) is 112 Å². The van der Waals surface area contributed by atoms with Crippen LogP contribution in [-0.4, -0.2) is 76.2 Å². The number of nitrogens with zero attached hydrogens (tertiary/aromatic N) is 3. The Kier molecular flexibility index (Phi) is 13.2. The minimum atomic E-state index is -0.951. The molecule has 0 radical (unpaired) electrons. The number of aromatic amines is 2. The summed E-state index contributed by atoms with van der Waals surface area (Å²) in [6.45, 7) is 1.69. The number of H-pyrrole nitrogens is 2. The number of hydrogen-bond donors (Lipinski definition) is 4. The molecule has 1 atom stereocenters. The Balaban J connectivity index is 0.000000221. The zero-order chi connectivity index (χ0) is 36.9. The van der Waals surface area contributed by atoms with Gasteiger partial charge in [-0.2, -0.15) is 5.10 Å². The number of anilines is 2. The topological polar surface area (TPSA) is 177 Å². The van der Waals surface area contributed by atoms with Crippen LogP contribution in [0.15, 0.2) is 83.9 Å². The van der Waals surface area contributed by atoms with Crippen LogP contribution in [-0.2, 0) is 9.59 Å². The number of benzene rings is 2. The monoisotopic (exact) mass is 707 g/mol. The van der Waals surface area contributed by atoms with Gasteiger partial charge in [-0.05, 0) is 79.3 Å². The van der Waals surface area contributed by atoms with Crippen LogP contribution in [0.25, 0.3) is 0 Å². The summed E-state index contributed by atoms with van der Waals surface area (Å²) in [5.41, 5.74) is 3.32. The molecule has 52 heavy (non-hydrogen) atoms. The molecule has 2 saturated heterocycles. The molecule has 1 saturated carbocycles. The fourth-order valence-electron chi connectivity index (χ4n) is 6.63. The Morgan fingerprint density at radius 2 is 1.50 bits per heavy atom. The third-order valence-corrected chi connectivity index (χ3v) is 9.53. The lowest BCUT2D eigenvalue weighted by Crippen LogP contribution is -2.54. The van der Waals surface area contributed by atoms with Gasteiger partial charge in [0.25, 0.3) is 11.8 Å². The molecule has 13 nitrogen and oxygen atoms in total. The first-order chi connectivity index (χ1) is 25.3. The number of carbonyl (C=O) groups is 5. The van der Waals surface area contributed by atoms with Crippen molar-refractivity contribution >= 4 is 41.4 Å². The second-order valence-corrected chi connectivity index (χ2v) is 12.9. The molecule has 1 aliphatic carbocycles. The Labute approximate surface area is 302 Å². The number of piperidine rings is 2. The maximum atomic E-state index is 13.1. The van der Waals surface area contributed by atoms with Gasteiger partial charge in [-0.3, -0.25) is 44.1 Å². The van der Waals surface area contributed by atoms with Crippen LogP contribution in [0.5, 0.6) is 0 Å². The van der Waals surface area contributed by atoms with E-state index in [-0.39, 0.29) is 30.2 Å². The molecule has 2 aromatic carbocycles. The van der Waals surface area contributed by atoms with Crippen LogP contribution in [0.3, 0.4) is 0 Å². The zero-order valence-corrected chi connectivity index (χ0v) is 29.3. The number of fused-ring (bicyclic) bond motifs is 1. The summed E-state index contributed by atoms with van der Waals surface area (Å²) in [5, 5.41) is 11.5. The van der Waals surface area contributed by atoms with E-state index < -0.39 is 23.8 Å². The number of aldehydes is 1.